The Labute approximate surface area is 72.2 Å². The van der Waals surface area contributed by atoms with Gasteiger partial charge in [-0.2, -0.15) is 0 Å². The second-order valence-corrected chi connectivity index (χ2v) is 4.63. The van der Waals surface area contributed by atoms with E-state index < -0.39 is 9.84 Å². The van der Waals surface area contributed by atoms with E-state index in [0.717, 1.165) is 5.69 Å². The van der Waals surface area contributed by atoms with Gasteiger partial charge >= 0.3 is 0 Å². The summed E-state index contributed by atoms with van der Waals surface area (Å²) in [6.07, 6.45) is 2.90. The fourth-order valence-electron chi connectivity index (χ4n) is 1.05. The van der Waals surface area contributed by atoms with Gasteiger partial charge < -0.3 is 4.57 Å². The van der Waals surface area contributed by atoms with Gasteiger partial charge in [-0.25, -0.2) is 13.4 Å². The standard InChI is InChI=1S/C7H12N2O2S/c1-4-9-5-6(2)8-7(9)12(3,10)11/h5H,4H2,1-3H3. The molecule has 0 amide bonds. The predicted octanol–water partition coefficient (Wildman–Crippen LogP) is 0.615. The van der Waals surface area contributed by atoms with Crippen LogP contribution in [0.3, 0.4) is 0 Å². The van der Waals surface area contributed by atoms with Crippen LogP contribution < -0.4 is 0 Å². The molecule has 68 valence electrons. The first-order chi connectivity index (χ1) is 5.45. The number of aryl methyl sites for hydroxylation is 2. The van der Waals surface area contributed by atoms with Gasteiger partial charge in [0.2, 0.25) is 15.0 Å². The van der Waals surface area contributed by atoms with Gasteiger partial charge in [0.15, 0.2) is 0 Å². The Balaban J connectivity index is 3.33. The molecule has 1 aromatic rings. The lowest BCUT2D eigenvalue weighted by Gasteiger charge is -2.00. The van der Waals surface area contributed by atoms with Crippen molar-refractivity contribution in [3.8, 4) is 0 Å². The van der Waals surface area contributed by atoms with Crippen LogP contribution in [0, 0.1) is 6.92 Å². The maximum atomic E-state index is 11.1. The van der Waals surface area contributed by atoms with E-state index in [1.165, 1.54) is 6.26 Å². The van der Waals surface area contributed by atoms with Crippen LogP contribution in [0.5, 0.6) is 0 Å². The van der Waals surface area contributed by atoms with Crippen molar-refractivity contribution < 1.29 is 8.42 Å². The number of rotatable bonds is 2. The number of aromatic nitrogens is 2. The summed E-state index contributed by atoms with van der Waals surface area (Å²) in [5, 5.41) is 0.155. The van der Waals surface area contributed by atoms with Gasteiger partial charge in [0.1, 0.15) is 0 Å². The van der Waals surface area contributed by atoms with Crippen molar-refractivity contribution >= 4 is 9.84 Å². The first-order valence-electron chi connectivity index (χ1n) is 3.69. The van der Waals surface area contributed by atoms with E-state index in [4.69, 9.17) is 0 Å². The van der Waals surface area contributed by atoms with Crippen LogP contribution in [-0.2, 0) is 16.4 Å². The van der Waals surface area contributed by atoms with Gasteiger partial charge in [-0.05, 0) is 13.8 Å². The number of hydrogen-bond donors (Lipinski definition) is 0. The summed E-state index contributed by atoms with van der Waals surface area (Å²) in [4.78, 5) is 3.93. The molecular weight excluding hydrogens is 176 g/mol. The second kappa shape index (κ2) is 2.90. The molecular formula is C7H12N2O2S. The molecule has 1 heterocycles. The zero-order chi connectivity index (χ0) is 9.35. The first kappa shape index (κ1) is 9.25. The Morgan fingerprint density at radius 3 is 2.50 bits per heavy atom. The van der Waals surface area contributed by atoms with Crippen LogP contribution in [-0.4, -0.2) is 24.2 Å². The van der Waals surface area contributed by atoms with Gasteiger partial charge in [0.05, 0.1) is 5.69 Å². The number of sulfone groups is 1. The number of hydrogen-bond acceptors (Lipinski definition) is 3. The third-order valence-corrected chi connectivity index (χ3v) is 2.52. The molecule has 0 saturated heterocycles. The molecule has 0 spiro atoms. The molecule has 1 rings (SSSR count). The smallest absolute Gasteiger partial charge is 0.227 e. The lowest BCUT2D eigenvalue weighted by atomic mass is 10.6. The van der Waals surface area contributed by atoms with E-state index in [-0.39, 0.29) is 5.16 Å². The van der Waals surface area contributed by atoms with Crippen LogP contribution in [0.2, 0.25) is 0 Å². The topological polar surface area (TPSA) is 52.0 Å². The molecule has 0 aliphatic rings. The van der Waals surface area contributed by atoms with Crippen molar-refractivity contribution in [2.45, 2.75) is 25.5 Å². The molecule has 0 aromatic carbocycles. The van der Waals surface area contributed by atoms with Crippen molar-refractivity contribution in [1.82, 2.24) is 9.55 Å². The minimum Gasteiger partial charge on any atom is -0.322 e. The monoisotopic (exact) mass is 188 g/mol. The SMILES string of the molecule is CCn1cc(C)nc1S(C)(=O)=O. The largest absolute Gasteiger partial charge is 0.322 e. The quantitative estimate of drug-likeness (QED) is 0.683. The van der Waals surface area contributed by atoms with Crippen LogP contribution in [0.15, 0.2) is 11.4 Å². The summed E-state index contributed by atoms with van der Waals surface area (Å²) in [5.74, 6) is 0. The Morgan fingerprint density at radius 2 is 2.17 bits per heavy atom. The molecule has 0 radical (unpaired) electrons. The summed E-state index contributed by atoms with van der Waals surface area (Å²) in [6.45, 7) is 4.29. The molecule has 0 unspecified atom stereocenters. The van der Waals surface area contributed by atoms with Crippen molar-refractivity contribution in [1.29, 1.82) is 0 Å². The normalized spacial score (nSPS) is 11.9. The highest BCUT2D eigenvalue weighted by atomic mass is 32.2. The van der Waals surface area contributed by atoms with Crippen molar-refractivity contribution in [2.75, 3.05) is 6.26 Å². The van der Waals surface area contributed by atoms with Crippen LogP contribution in [0.4, 0.5) is 0 Å². The molecule has 0 atom stereocenters. The third kappa shape index (κ3) is 1.66. The molecule has 1 aromatic heterocycles. The summed E-state index contributed by atoms with van der Waals surface area (Å²) in [5.41, 5.74) is 0.734. The van der Waals surface area contributed by atoms with Gasteiger partial charge in [-0.3, -0.25) is 0 Å². The second-order valence-electron chi connectivity index (χ2n) is 2.72. The molecule has 0 fully saturated rings. The van der Waals surface area contributed by atoms with E-state index in [1.807, 2.05) is 6.92 Å². The lowest BCUT2D eigenvalue weighted by molar-refractivity contribution is 0.574. The summed E-state index contributed by atoms with van der Waals surface area (Å²) >= 11 is 0. The van der Waals surface area contributed by atoms with E-state index in [1.54, 1.807) is 17.7 Å². The van der Waals surface area contributed by atoms with Gasteiger partial charge in [-0.15, -0.1) is 0 Å². The van der Waals surface area contributed by atoms with Gasteiger partial charge in [0, 0.05) is 19.0 Å². The van der Waals surface area contributed by atoms with Gasteiger partial charge in [-0.1, -0.05) is 0 Å². The highest BCUT2D eigenvalue weighted by molar-refractivity contribution is 7.90. The minimum absolute atomic E-state index is 0.155. The van der Waals surface area contributed by atoms with E-state index in [0.29, 0.717) is 6.54 Å². The molecule has 0 aliphatic carbocycles. The molecule has 0 aliphatic heterocycles. The van der Waals surface area contributed by atoms with Crippen molar-refractivity contribution in [3.05, 3.63) is 11.9 Å². The Bertz CT molecular complexity index is 378. The Hall–Kier alpha value is -0.840. The molecule has 5 heteroatoms. The molecule has 4 nitrogen and oxygen atoms in total. The fraction of sp³-hybridized carbons (Fsp3) is 0.571. The van der Waals surface area contributed by atoms with E-state index in [2.05, 4.69) is 4.98 Å². The van der Waals surface area contributed by atoms with Crippen molar-refractivity contribution in [3.63, 3.8) is 0 Å². The maximum absolute atomic E-state index is 11.1. The third-order valence-electron chi connectivity index (χ3n) is 1.53. The predicted molar refractivity (Wildman–Crippen MR) is 45.7 cm³/mol. The average molecular weight is 188 g/mol. The average Bonchev–Trinajstić information content (AvgIpc) is 2.29. The minimum atomic E-state index is -3.17. The van der Waals surface area contributed by atoms with E-state index in [9.17, 15) is 8.42 Å². The molecule has 0 saturated carbocycles. The van der Waals surface area contributed by atoms with Gasteiger partial charge in [0.25, 0.3) is 0 Å². The molecule has 0 bridgehead atoms. The fourth-order valence-corrected chi connectivity index (χ4v) is 1.96. The maximum Gasteiger partial charge on any atom is 0.227 e. The first-order valence-corrected chi connectivity index (χ1v) is 5.58. The summed E-state index contributed by atoms with van der Waals surface area (Å²) in [7, 11) is -3.17. The highest BCUT2D eigenvalue weighted by Gasteiger charge is 2.14. The van der Waals surface area contributed by atoms with Crippen LogP contribution in [0.25, 0.3) is 0 Å². The summed E-state index contributed by atoms with van der Waals surface area (Å²) < 4.78 is 23.9. The number of imidazole rings is 1. The molecule has 0 N–H and O–H groups in total. The lowest BCUT2D eigenvalue weighted by Crippen LogP contribution is -2.07. The van der Waals surface area contributed by atoms with Crippen LogP contribution >= 0.6 is 0 Å². The Kier molecular flexibility index (Phi) is 2.23. The zero-order valence-corrected chi connectivity index (χ0v) is 8.22. The molecule has 12 heavy (non-hydrogen) atoms. The zero-order valence-electron chi connectivity index (χ0n) is 7.40. The number of nitrogens with zero attached hydrogens (tertiary/aromatic N) is 2. The summed E-state index contributed by atoms with van der Waals surface area (Å²) in [6, 6.07) is 0. The van der Waals surface area contributed by atoms with Crippen molar-refractivity contribution in [2.24, 2.45) is 0 Å². The highest BCUT2D eigenvalue weighted by Crippen LogP contribution is 2.08. The van der Waals surface area contributed by atoms with E-state index >= 15 is 0 Å². The Morgan fingerprint density at radius 1 is 1.58 bits per heavy atom. The van der Waals surface area contributed by atoms with Crippen LogP contribution in [0.1, 0.15) is 12.6 Å².